The Kier molecular flexibility index (Phi) is 5.97. The van der Waals surface area contributed by atoms with Gasteiger partial charge in [0.2, 0.25) is 0 Å². The molecule has 1 aromatic carbocycles. The zero-order valence-electron chi connectivity index (χ0n) is 13.8. The molecule has 2 aromatic rings. The largest absolute Gasteiger partial charge is 0.491 e. The summed E-state index contributed by atoms with van der Waals surface area (Å²) in [6.45, 7) is 6.66. The van der Waals surface area contributed by atoms with E-state index in [4.69, 9.17) is 4.74 Å². The minimum Gasteiger partial charge on any atom is -0.491 e. The van der Waals surface area contributed by atoms with Gasteiger partial charge in [0.1, 0.15) is 11.4 Å². The lowest BCUT2D eigenvalue weighted by atomic mass is 10.2. The second-order valence-electron chi connectivity index (χ2n) is 5.50. The summed E-state index contributed by atoms with van der Waals surface area (Å²) in [4.78, 5) is 16.0. The fourth-order valence-corrected chi connectivity index (χ4v) is 1.99. The summed E-state index contributed by atoms with van der Waals surface area (Å²) < 4.78 is 5.61. The highest BCUT2D eigenvalue weighted by atomic mass is 16.5. The smallest absolute Gasteiger partial charge is 0.269 e. The van der Waals surface area contributed by atoms with Crippen molar-refractivity contribution in [3.63, 3.8) is 0 Å². The van der Waals surface area contributed by atoms with Crippen molar-refractivity contribution >= 4 is 17.3 Å². The molecule has 0 radical (unpaired) electrons. The Labute approximate surface area is 137 Å². The molecule has 0 aliphatic rings. The molecule has 0 atom stereocenters. The van der Waals surface area contributed by atoms with Crippen LogP contribution in [0.4, 0.5) is 11.4 Å². The number of rotatable bonds is 7. The number of amides is 1. The lowest BCUT2D eigenvalue weighted by Crippen LogP contribution is -2.24. The quantitative estimate of drug-likeness (QED) is 0.817. The van der Waals surface area contributed by atoms with Gasteiger partial charge in [0.05, 0.1) is 18.0 Å². The molecule has 0 unspecified atom stereocenters. The van der Waals surface area contributed by atoms with Crippen molar-refractivity contribution in [2.24, 2.45) is 0 Å². The molecule has 122 valence electrons. The SMILES string of the molecule is CCCNC(=O)c1ccc(Nc2ccc(OC(C)C)cc2)cn1. The third kappa shape index (κ3) is 5.29. The molecule has 5 heteroatoms. The zero-order chi connectivity index (χ0) is 16.7. The first-order valence-electron chi connectivity index (χ1n) is 7.86. The maximum atomic E-state index is 11.8. The van der Waals surface area contributed by atoms with Crippen molar-refractivity contribution in [1.82, 2.24) is 10.3 Å². The van der Waals surface area contributed by atoms with Gasteiger partial charge in [0, 0.05) is 12.2 Å². The van der Waals surface area contributed by atoms with E-state index in [0.29, 0.717) is 12.2 Å². The standard InChI is InChI=1S/C18H23N3O2/c1-4-11-19-18(22)17-10-7-15(12-20-17)21-14-5-8-16(9-6-14)23-13(2)3/h5-10,12-13,21H,4,11H2,1-3H3,(H,19,22). The minimum absolute atomic E-state index is 0.145. The summed E-state index contributed by atoms with van der Waals surface area (Å²) in [5.74, 6) is 0.695. The molecular formula is C18H23N3O2. The number of nitrogens with zero attached hydrogens (tertiary/aromatic N) is 1. The van der Waals surface area contributed by atoms with Crippen LogP contribution in [0.15, 0.2) is 42.6 Å². The second kappa shape index (κ2) is 8.17. The van der Waals surface area contributed by atoms with Crippen molar-refractivity contribution in [2.75, 3.05) is 11.9 Å². The van der Waals surface area contributed by atoms with Gasteiger partial charge in [-0.3, -0.25) is 4.79 Å². The molecule has 1 heterocycles. The molecule has 0 saturated carbocycles. The molecule has 23 heavy (non-hydrogen) atoms. The van der Waals surface area contributed by atoms with Crippen molar-refractivity contribution in [3.05, 3.63) is 48.3 Å². The average molecular weight is 313 g/mol. The molecule has 1 amide bonds. The van der Waals surface area contributed by atoms with E-state index in [1.807, 2.05) is 51.1 Å². The Balaban J connectivity index is 1.96. The summed E-state index contributed by atoms with van der Waals surface area (Å²) in [6.07, 6.45) is 2.71. The molecule has 5 nitrogen and oxygen atoms in total. The van der Waals surface area contributed by atoms with E-state index in [2.05, 4.69) is 15.6 Å². The predicted molar refractivity (Wildman–Crippen MR) is 92.3 cm³/mol. The number of benzene rings is 1. The fourth-order valence-electron chi connectivity index (χ4n) is 1.99. The predicted octanol–water partition coefficient (Wildman–Crippen LogP) is 3.75. The number of aromatic nitrogens is 1. The molecule has 0 aliphatic heterocycles. The number of carbonyl (C=O) groups excluding carboxylic acids is 1. The third-order valence-corrected chi connectivity index (χ3v) is 3.05. The number of carbonyl (C=O) groups is 1. The van der Waals surface area contributed by atoms with Crippen LogP contribution in [0.25, 0.3) is 0 Å². The zero-order valence-corrected chi connectivity index (χ0v) is 13.8. The Morgan fingerprint density at radius 2 is 1.83 bits per heavy atom. The Hall–Kier alpha value is -2.56. The first-order chi connectivity index (χ1) is 11.1. The minimum atomic E-state index is -0.145. The molecule has 2 N–H and O–H groups in total. The third-order valence-electron chi connectivity index (χ3n) is 3.05. The Morgan fingerprint density at radius 3 is 2.39 bits per heavy atom. The molecule has 2 rings (SSSR count). The van der Waals surface area contributed by atoms with Crippen LogP contribution in [-0.2, 0) is 0 Å². The van der Waals surface area contributed by atoms with E-state index in [9.17, 15) is 4.79 Å². The monoisotopic (exact) mass is 313 g/mol. The van der Waals surface area contributed by atoms with Crippen LogP contribution in [0.3, 0.4) is 0 Å². The first-order valence-corrected chi connectivity index (χ1v) is 7.86. The van der Waals surface area contributed by atoms with Crippen LogP contribution >= 0.6 is 0 Å². The van der Waals surface area contributed by atoms with E-state index in [0.717, 1.165) is 23.5 Å². The number of nitrogens with one attached hydrogen (secondary N) is 2. The van der Waals surface area contributed by atoms with E-state index < -0.39 is 0 Å². The maximum Gasteiger partial charge on any atom is 0.269 e. The summed E-state index contributed by atoms with van der Waals surface area (Å²) >= 11 is 0. The number of ether oxygens (including phenoxy) is 1. The summed E-state index contributed by atoms with van der Waals surface area (Å²) in [5, 5.41) is 6.05. The number of pyridine rings is 1. The highest BCUT2D eigenvalue weighted by Crippen LogP contribution is 2.20. The van der Waals surface area contributed by atoms with E-state index in [1.165, 1.54) is 0 Å². The molecule has 0 spiro atoms. The van der Waals surface area contributed by atoms with E-state index in [-0.39, 0.29) is 12.0 Å². The van der Waals surface area contributed by atoms with Crippen LogP contribution in [0.1, 0.15) is 37.7 Å². The van der Waals surface area contributed by atoms with Gasteiger partial charge in [-0.05, 0) is 56.7 Å². The highest BCUT2D eigenvalue weighted by Gasteiger charge is 2.06. The number of anilines is 2. The number of hydrogen-bond acceptors (Lipinski definition) is 4. The maximum absolute atomic E-state index is 11.8. The van der Waals surface area contributed by atoms with Gasteiger partial charge in [0.15, 0.2) is 0 Å². The average Bonchev–Trinajstić information content (AvgIpc) is 2.54. The van der Waals surface area contributed by atoms with Gasteiger partial charge in [-0.2, -0.15) is 0 Å². The van der Waals surface area contributed by atoms with Crippen molar-refractivity contribution in [2.45, 2.75) is 33.3 Å². The number of hydrogen-bond donors (Lipinski definition) is 2. The van der Waals surface area contributed by atoms with E-state index >= 15 is 0 Å². The second-order valence-corrected chi connectivity index (χ2v) is 5.50. The fraction of sp³-hybridized carbons (Fsp3) is 0.333. The van der Waals surface area contributed by atoms with Gasteiger partial charge in [0.25, 0.3) is 5.91 Å². The van der Waals surface area contributed by atoms with Gasteiger partial charge in [-0.15, -0.1) is 0 Å². The van der Waals surface area contributed by atoms with Gasteiger partial charge < -0.3 is 15.4 Å². The van der Waals surface area contributed by atoms with Gasteiger partial charge >= 0.3 is 0 Å². The van der Waals surface area contributed by atoms with E-state index in [1.54, 1.807) is 12.3 Å². The lowest BCUT2D eigenvalue weighted by Gasteiger charge is -2.11. The van der Waals surface area contributed by atoms with Gasteiger partial charge in [-0.25, -0.2) is 4.98 Å². The van der Waals surface area contributed by atoms with Crippen LogP contribution in [-0.4, -0.2) is 23.5 Å². The normalized spacial score (nSPS) is 10.4. The van der Waals surface area contributed by atoms with Crippen LogP contribution in [0.5, 0.6) is 5.75 Å². The van der Waals surface area contributed by atoms with Crippen molar-refractivity contribution < 1.29 is 9.53 Å². The van der Waals surface area contributed by atoms with Crippen LogP contribution in [0, 0.1) is 0 Å². The lowest BCUT2D eigenvalue weighted by molar-refractivity contribution is 0.0948. The summed E-state index contributed by atoms with van der Waals surface area (Å²) in [7, 11) is 0. The molecule has 0 bridgehead atoms. The Bertz CT molecular complexity index is 622. The van der Waals surface area contributed by atoms with Crippen LogP contribution < -0.4 is 15.4 Å². The summed E-state index contributed by atoms with van der Waals surface area (Å²) in [5.41, 5.74) is 2.19. The summed E-state index contributed by atoms with van der Waals surface area (Å²) in [6, 6.07) is 11.3. The van der Waals surface area contributed by atoms with Crippen LogP contribution in [0.2, 0.25) is 0 Å². The molecule has 0 saturated heterocycles. The Morgan fingerprint density at radius 1 is 1.13 bits per heavy atom. The topological polar surface area (TPSA) is 63.2 Å². The van der Waals surface area contributed by atoms with Crippen molar-refractivity contribution in [1.29, 1.82) is 0 Å². The molecule has 1 aromatic heterocycles. The van der Waals surface area contributed by atoms with Gasteiger partial charge in [-0.1, -0.05) is 6.92 Å². The first kappa shape index (κ1) is 16.8. The molecular weight excluding hydrogens is 290 g/mol. The van der Waals surface area contributed by atoms with Crippen molar-refractivity contribution in [3.8, 4) is 5.75 Å². The molecule has 0 fully saturated rings. The molecule has 0 aliphatic carbocycles. The highest BCUT2D eigenvalue weighted by molar-refractivity contribution is 5.92.